The highest BCUT2D eigenvalue weighted by molar-refractivity contribution is 7.92. The van der Waals surface area contributed by atoms with Gasteiger partial charge in [0, 0.05) is 12.2 Å². The van der Waals surface area contributed by atoms with Gasteiger partial charge < -0.3 is 10.4 Å². The van der Waals surface area contributed by atoms with Crippen molar-refractivity contribution >= 4 is 21.5 Å². The third-order valence-electron chi connectivity index (χ3n) is 3.27. The van der Waals surface area contributed by atoms with Crippen LogP contribution >= 0.6 is 0 Å². The average molecular weight is 319 g/mol. The number of carbonyl (C=O) groups is 1. The fourth-order valence-electron chi connectivity index (χ4n) is 2.03. The number of hydrogen-bond donors (Lipinski definition) is 2. The van der Waals surface area contributed by atoms with Gasteiger partial charge in [-0.05, 0) is 42.3 Å². The van der Waals surface area contributed by atoms with Crippen LogP contribution in [0.15, 0.2) is 53.4 Å². The second-order valence-electron chi connectivity index (χ2n) is 4.96. The van der Waals surface area contributed by atoms with Crippen molar-refractivity contribution in [3.8, 4) is 0 Å². The Morgan fingerprint density at radius 1 is 1.09 bits per heavy atom. The van der Waals surface area contributed by atoms with E-state index in [4.69, 9.17) is 5.11 Å². The van der Waals surface area contributed by atoms with Crippen LogP contribution in [0.5, 0.6) is 0 Å². The zero-order valence-corrected chi connectivity index (χ0v) is 12.9. The molecule has 116 valence electrons. The molecule has 0 aromatic heterocycles. The van der Waals surface area contributed by atoms with E-state index in [-0.39, 0.29) is 4.90 Å². The molecule has 0 aliphatic carbocycles. The van der Waals surface area contributed by atoms with Crippen molar-refractivity contribution in [2.45, 2.75) is 18.4 Å². The Labute approximate surface area is 129 Å². The van der Waals surface area contributed by atoms with Gasteiger partial charge >= 0.3 is 5.97 Å². The molecule has 0 fully saturated rings. The summed E-state index contributed by atoms with van der Waals surface area (Å²) in [5, 5.41) is 11.8. The first-order valence-electron chi connectivity index (χ1n) is 6.71. The molecule has 2 N–H and O–H groups in total. The van der Waals surface area contributed by atoms with Gasteiger partial charge in [-0.3, -0.25) is 4.79 Å². The third kappa shape index (κ3) is 4.08. The predicted octanol–water partition coefficient (Wildman–Crippen LogP) is 2.47. The summed E-state index contributed by atoms with van der Waals surface area (Å²) in [4.78, 5) is 10.6. The fraction of sp³-hybridized carbons (Fsp3) is 0.188. The molecule has 0 saturated heterocycles. The zero-order chi connectivity index (χ0) is 16.2. The van der Waals surface area contributed by atoms with E-state index in [1.807, 2.05) is 31.2 Å². The summed E-state index contributed by atoms with van der Waals surface area (Å²) >= 11 is 0. The van der Waals surface area contributed by atoms with Crippen molar-refractivity contribution < 1.29 is 18.3 Å². The molecule has 0 saturated carbocycles. The lowest BCUT2D eigenvalue weighted by Crippen LogP contribution is -2.15. The van der Waals surface area contributed by atoms with Crippen LogP contribution in [-0.2, 0) is 21.2 Å². The Morgan fingerprint density at radius 2 is 1.73 bits per heavy atom. The molecule has 2 aromatic carbocycles. The highest BCUT2D eigenvalue weighted by atomic mass is 32.2. The minimum absolute atomic E-state index is 0.0105. The molecule has 0 aliphatic rings. The first-order chi connectivity index (χ1) is 10.4. The van der Waals surface area contributed by atoms with Crippen molar-refractivity contribution in [1.82, 2.24) is 0 Å². The largest absolute Gasteiger partial charge is 0.480 e. The molecule has 6 heteroatoms. The van der Waals surface area contributed by atoms with Crippen LogP contribution in [0.2, 0.25) is 0 Å². The number of carboxylic acids is 1. The first-order valence-corrected chi connectivity index (χ1v) is 8.37. The number of carboxylic acid groups (broad SMARTS) is 1. The van der Waals surface area contributed by atoms with Crippen LogP contribution in [0.1, 0.15) is 11.1 Å². The lowest BCUT2D eigenvalue weighted by atomic mass is 10.1. The van der Waals surface area contributed by atoms with Gasteiger partial charge in [-0.15, -0.1) is 0 Å². The lowest BCUT2D eigenvalue weighted by molar-refractivity contribution is -0.134. The molecule has 0 spiro atoms. The topological polar surface area (TPSA) is 83.5 Å². The number of hydrogen-bond acceptors (Lipinski definition) is 4. The van der Waals surface area contributed by atoms with Gasteiger partial charge in [-0.1, -0.05) is 24.3 Å². The van der Waals surface area contributed by atoms with Crippen molar-refractivity contribution in [2.75, 3.05) is 11.1 Å². The molecule has 0 atom stereocenters. The highest BCUT2D eigenvalue weighted by Gasteiger charge is 2.18. The molecule has 0 radical (unpaired) electrons. The van der Waals surface area contributed by atoms with Crippen molar-refractivity contribution in [3.63, 3.8) is 0 Å². The average Bonchev–Trinajstić information content (AvgIpc) is 2.45. The van der Waals surface area contributed by atoms with Crippen LogP contribution in [0.3, 0.4) is 0 Å². The van der Waals surface area contributed by atoms with Crippen LogP contribution < -0.4 is 5.32 Å². The number of aryl methyl sites for hydroxylation is 1. The number of benzene rings is 2. The highest BCUT2D eigenvalue weighted by Crippen LogP contribution is 2.17. The molecule has 0 unspecified atom stereocenters. The van der Waals surface area contributed by atoms with E-state index in [1.165, 1.54) is 17.7 Å². The van der Waals surface area contributed by atoms with Crippen molar-refractivity contribution in [3.05, 3.63) is 59.7 Å². The van der Waals surface area contributed by atoms with E-state index in [2.05, 4.69) is 5.32 Å². The summed E-state index contributed by atoms with van der Waals surface area (Å²) in [6.07, 6.45) is 0. The minimum Gasteiger partial charge on any atom is -0.480 e. The van der Waals surface area contributed by atoms with Gasteiger partial charge in [0.2, 0.25) is 0 Å². The van der Waals surface area contributed by atoms with Crippen LogP contribution in [0, 0.1) is 6.92 Å². The molecule has 22 heavy (non-hydrogen) atoms. The Balaban J connectivity index is 2.07. The van der Waals surface area contributed by atoms with Crippen molar-refractivity contribution in [1.29, 1.82) is 0 Å². The maximum absolute atomic E-state index is 11.8. The van der Waals surface area contributed by atoms with Crippen LogP contribution in [0.25, 0.3) is 0 Å². The second kappa shape index (κ2) is 6.62. The van der Waals surface area contributed by atoms with Gasteiger partial charge in [-0.2, -0.15) is 0 Å². The van der Waals surface area contributed by atoms with E-state index >= 15 is 0 Å². The Kier molecular flexibility index (Phi) is 4.82. The number of sulfone groups is 1. The Bertz CT molecular complexity index is 767. The number of aliphatic carboxylic acids is 1. The number of anilines is 1. The first kappa shape index (κ1) is 16.0. The van der Waals surface area contributed by atoms with E-state index < -0.39 is 21.6 Å². The van der Waals surface area contributed by atoms with E-state index in [9.17, 15) is 13.2 Å². The monoisotopic (exact) mass is 319 g/mol. The smallest absolute Gasteiger partial charge is 0.319 e. The van der Waals surface area contributed by atoms with Gasteiger partial charge in [0.25, 0.3) is 0 Å². The number of rotatable bonds is 6. The van der Waals surface area contributed by atoms with E-state index in [1.54, 1.807) is 12.1 Å². The third-order valence-corrected chi connectivity index (χ3v) is 4.89. The molecule has 0 bridgehead atoms. The van der Waals surface area contributed by atoms with Gasteiger partial charge in [-0.25, -0.2) is 8.42 Å². The van der Waals surface area contributed by atoms with Gasteiger partial charge in [0.1, 0.15) is 0 Å². The molecule has 2 aromatic rings. The zero-order valence-electron chi connectivity index (χ0n) is 12.1. The fourth-order valence-corrected chi connectivity index (χ4v) is 3.07. The van der Waals surface area contributed by atoms with Gasteiger partial charge in [0.15, 0.2) is 15.6 Å². The molecular formula is C16H17NO4S. The summed E-state index contributed by atoms with van der Waals surface area (Å²) < 4.78 is 23.6. The summed E-state index contributed by atoms with van der Waals surface area (Å²) in [5.41, 5.74) is 3.11. The standard InChI is InChI=1S/C16H17NO4S/c1-12-4-2-3-5-13(12)10-17-14-6-8-15(9-7-14)22(20,21)11-16(18)19/h2-9,17H,10-11H2,1H3,(H,18,19). The second-order valence-corrected chi connectivity index (χ2v) is 6.95. The van der Waals surface area contributed by atoms with Gasteiger partial charge in [0.05, 0.1) is 4.90 Å². The van der Waals surface area contributed by atoms with Crippen LogP contribution in [-0.4, -0.2) is 25.2 Å². The minimum atomic E-state index is -3.78. The molecule has 0 amide bonds. The normalized spacial score (nSPS) is 11.1. The molecule has 0 aliphatic heterocycles. The summed E-state index contributed by atoms with van der Waals surface area (Å²) in [7, 11) is -3.78. The molecule has 5 nitrogen and oxygen atoms in total. The molecular weight excluding hydrogens is 302 g/mol. The Morgan fingerprint density at radius 3 is 2.32 bits per heavy atom. The van der Waals surface area contributed by atoms with Crippen molar-refractivity contribution in [2.24, 2.45) is 0 Å². The molecule has 0 heterocycles. The molecule has 2 rings (SSSR count). The van der Waals surface area contributed by atoms with Crippen LogP contribution in [0.4, 0.5) is 5.69 Å². The maximum Gasteiger partial charge on any atom is 0.319 e. The quantitative estimate of drug-likeness (QED) is 0.854. The summed E-state index contributed by atoms with van der Waals surface area (Å²) in [5.74, 6) is -2.26. The summed E-state index contributed by atoms with van der Waals surface area (Å²) in [6, 6.07) is 14.1. The predicted molar refractivity (Wildman–Crippen MR) is 84.6 cm³/mol. The maximum atomic E-state index is 11.8. The summed E-state index contributed by atoms with van der Waals surface area (Å²) in [6.45, 7) is 2.66. The van der Waals surface area contributed by atoms with E-state index in [0.29, 0.717) is 6.54 Å². The van der Waals surface area contributed by atoms with E-state index in [0.717, 1.165) is 11.3 Å². The number of nitrogens with one attached hydrogen (secondary N) is 1. The SMILES string of the molecule is Cc1ccccc1CNc1ccc(S(=O)(=O)CC(=O)O)cc1. The lowest BCUT2D eigenvalue weighted by Gasteiger charge is -2.09. The Hall–Kier alpha value is -2.34.